The molecule has 1 aromatic carbocycles. The van der Waals surface area contributed by atoms with Crippen LogP contribution in [0.25, 0.3) is 22.2 Å². The van der Waals surface area contributed by atoms with Crippen molar-refractivity contribution in [2.75, 3.05) is 0 Å². The average molecular weight is 399 g/mol. The molecule has 6 nitrogen and oxygen atoms in total. The molecule has 0 radical (unpaired) electrons. The molecule has 0 spiro atoms. The molecular weight excluding hydrogens is 374 g/mol. The number of nitrogens with zero attached hydrogens (tertiary/aromatic N) is 4. The molecule has 4 rings (SSSR count). The molecule has 1 unspecified atom stereocenters. The van der Waals surface area contributed by atoms with Crippen LogP contribution in [0.4, 0.5) is 0 Å². The van der Waals surface area contributed by atoms with Crippen LogP contribution in [0.1, 0.15) is 34.0 Å². The van der Waals surface area contributed by atoms with Gasteiger partial charge in [-0.15, -0.1) is 0 Å². The van der Waals surface area contributed by atoms with E-state index in [1.165, 1.54) is 0 Å². The molecule has 30 heavy (non-hydrogen) atoms. The van der Waals surface area contributed by atoms with Crippen LogP contribution in [-0.2, 0) is 13.5 Å². The van der Waals surface area contributed by atoms with Crippen molar-refractivity contribution in [1.82, 2.24) is 25.1 Å². The number of pyridine rings is 2. The fourth-order valence-corrected chi connectivity index (χ4v) is 3.86. The van der Waals surface area contributed by atoms with E-state index in [-0.39, 0.29) is 11.9 Å². The third kappa shape index (κ3) is 4.08. The lowest BCUT2D eigenvalue weighted by Gasteiger charge is -2.17. The third-order valence-electron chi connectivity index (χ3n) is 5.16. The summed E-state index contributed by atoms with van der Waals surface area (Å²) in [4.78, 5) is 22.2. The maximum Gasteiger partial charge on any atom is 0.252 e. The van der Waals surface area contributed by atoms with Gasteiger partial charge in [0.05, 0.1) is 23.0 Å². The Labute approximate surface area is 176 Å². The maximum absolute atomic E-state index is 13.3. The first-order valence-electron chi connectivity index (χ1n) is 10.0. The second-order valence-electron chi connectivity index (χ2n) is 7.87. The van der Waals surface area contributed by atoms with Crippen LogP contribution in [0, 0.1) is 13.8 Å². The maximum atomic E-state index is 13.3. The smallest absolute Gasteiger partial charge is 0.252 e. The van der Waals surface area contributed by atoms with Gasteiger partial charge in [-0.3, -0.25) is 14.5 Å². The molecule has 0 aliphatic rings. The van der Waals surface area contributed by atoms with Crippen molar-refractivity contribution in [3.63, 3.8) is 0 Å². The lowest BCUT2D eigenvalue weighted by atomic mass is 9.98. The molecule has 3 heterocycles. The van der Waals surface area contributed by atoms with Crippen molar-refractivity contribution in [1.29, 1.82) is 0 Å². The Hall–Kier alpha value is -3.54. The lowest BCUT2D eigenvalue weighted by Crippen LogP contribution is -2.34. The molecule has 152 valence electrons. The Morgan fingerprint density at radius 3 is 2.63 bits per heavy atom. The van der Waals surface area contributed by atoms with Gasteiger partial charge in [-0.2, -0.15) is 5.10 Å². The number of aromatic nitrogens is 4. The van der Waals surface area contributed by atoms with Crippen molar-refractivity contribution in [3.05, 3.63) is 77.4 Å². The quantitative estimate of drug-likeness (QED) is 0.550. The summed E-state index contributed by atoms with van der Waals surface area (Å²) in [6.07, 6.45) is 7.96. The molecule has 1 atom stereocenters. The van der Waals surface area contributed by atoms with Crippen LogP contribution in [0.3, 0.4) is 0 Å². The van der Waals surface area contributed by atoms with E-state index in [1.54, 1.807) is 23.3 Å². The van der Waals surface area contributed by atoms with Gasteiger partial charge in [0.15, 0.2) is 0 Å². The van der Waals surface area contributed by atoms with E-state index in [1.807, 2.05) is 58.3 Å². The molecule has 0 aliphatic carbocycles. The Morgan fingerprint density at radius 1 is 1.17 bits per heavy atom. The molecule has 3 aromatic heterocycles. The first-order chi connectivity index (χ1) is 14.4. The van der Waals surface area contributed by atoms with E-state index in [0.717, 1.165) is 45.3 Å². The van der Waals surface area contributed by atoms with E-state index in [4.69, 9.17) is 4.98 Å². The predicted molar refractivity (Wildman–Crippen MR) is 118 cm³/mol. The van der Waals surface area contributed by atoms with Crippen LogP contribution in [0.15, 0.2) is 55.1 Å². The van der Waals surface area contributed by atoms with Crippen molar-refractivity contribution >= 4 is 16.8 Å². The number of rotatable bonds is 5. The van der Waals surface area contributed by atoms with Crippen molar-refractivity contribution < 1.29 is 4.79 Å². The number of hydrogen-bond acceptors (Lipinski definition) is 4. The van der Waals surface area contributed by atoms with E-state index in [0.29, 0.717) is 5.56 Å². The predicted octanol–water partition coefficient (Wildman–Crippen LogP) is 4.01. The topological polar surface area (TPSA) is 72.7 Å². The highest BCUT2D eigenvalue weighted by molar-refractivity contribution is 6.08. The van der Waals surface area contributed by atoms with Crippen molar-refractivity contribution in [3.8, 4) is 11.3 Å². The third-order valence-corrected chi connectivity index (χ3v) is 5.16. The zero-order valence-corrected chi connectivity index (χ0v) is 17.7. The fourth-order valence-electron chi connectivity index (χ4n) is 3.86. The Morgan fingerprint density at radius 2 is 1.93 bits per heavy atom. The van der Waals surface area contributed by atoms with Gasteiger partial charge >= 0.3 is 0 Å². The summed E-state index contributed by atoms with van der Waals surface area (Å²) in [6, 6.07) is 9.91. The largest absolute Gasteiger partial charge is 0.349 e. The molecule has 4 aromatic rings. The number of nitrogens with one attached hydrogen (secondary N) is 1. The molecule has 1 N–H and O–H groups in total. The van der Waals surface area contributed by atoms with Crippen LogP contribution in [0.5, 0.6) is 0 Å². The fraction of sp³-hybridized carbons (Fsp3) is 0.250. The lowest BCUT2D eigenvalue weighted by molar-refractivity contribution is 0.0941. The monoisotopic (exact) mass is 399 g/mol. The summed E-state index contributed by atoms with van der Waals surface area (Å²) in [5.41, 5.74) is 6.39. The van der Waals surface area contributed by atoms with Crippen LogP contribution < -0.4 is 5.32 Å². The minimum Gasteiger partial charge on any atom is -0.349 e. The minimum absolute atomic E-state index is 0.0179. The van der Waals surface area contributed by atoms with Gasteiger partial charge in [-0.1, -0.05) is 6.07 Å². The second kappa shape index (κ2) is 8.06. The highest BCUT2D eigenvalue weighted by Gasteiger charge is 2.18. The first kappa shape index (κ1) is 19.8. The van der Waals surface area contributed by atoms with Gasteiger partial charge in [0, 0.05) is 42.6 Å². The van der Waals surface area contributed by atoms with E-state index < -0.39 is 0 Å². The van der Waals surface area contributed by atoms with Crippen LogP contribution in [0.2, 0.25) is 0 Å². The highest BCUT2D eigenvalue weighted by Crippen LogP contribution is 2.28. The van der Waals surface area contributed by atoms with E-state index in [2.05, 4.69) is 21.5 Å². The summed E-state index contributed by atoms with van der Waals surface area (Å²) in [6.45, 7) is 6.08. The van der Waals surface area contributed by atoms with Gasteiger partial charge in [-0.25, -0.2) is 4.98 Å². The average Bonchev–Trinajstić information content (AvgIpc) is 3.13. The zero-order valence-electron chi connectivity index (χ0n) is 17.7. The van der Waals surface area contributed by atoms with Gasteiger partial charge in [0.1, 0.15) is 0 Å². The van der Waals surface area contributed by atoms with Gasteiger partial charge in [0.2, 0.25) is 0 Å². The summed E-state index contributed by atoms with van der Waals surface area (Å²) < 4.78 is 1.74. The van der Waals surface area contributed by atoms with Crippen molar-refractivity contribution in [2.24, 2.45) is 7.05 Å². The summed E-state index contributed by atoms with van der Waals surface area (Å²) in [5.74, 6) is -0.0963. The van der Waals surface area contributed by atoms with Crippen LogP contribution >= 0.6 is 0 Å². The zero-order chi connectivity index (χ0) is 21.3. The second-order valence-corrected chi connectivity index (χ2v) is 7.87. The Bertz CT molecular complexity index is 1210. The van der Waals surface area contributed by atoms with E-state index in [9.17, 15) is 4.79 Å². The molecule has 1 amide bonds. The number of carbonyl (C=O) groups is 1. The first-order valence-corrected chi connectivity index (χ1v) is 10.0. The van der Waals surface area contributed by atoms with Gasteiger partial charge in [-0.05, 0) is 68.1 Å². The molecule has 0 fully saturated rings. The molecule has 0 bridgehead atoms. The number of aryl methyl sites for hydroxylation is 3. The van der Waals surface area contributed by atoms with E-state index >= 15 is 0 Å². The number of carbonyl (C=O) groups excluding carboxylic acids is 1. The number of amides is 1. The SMILES string of the molecule is Cc1cc(C)c2c(C(=O)NC(C)Cc3ccncc3)cc(-c3cnn(C)c3)nc2c1. The molecule has 0 saturated carbocycles. The standard InChI is InChI=1S/C24H25N5O/c1-15-9-16(2)23-20(24(30)27-17(3)11-18-5-7-25-8-6-18)12-21(28-22(23)10-15)19-13-26-29(4)14-19/h5-10,12-14,17H,11H2,1-4H3,(H,27,30). The summed E-state index contributed by atoms with van der Waals surface area (Å²) in [5, 5.41) is 8.29. The Kier molecular flexibility index (Phi) is 5.31. The highest BCUT2D eigenvalue weighted by atomic mass is 16.1. The summed E-state index contributed by atoms with van der Waals surface area (Å²) >= 11 is 0. The van der Waals surface area contributed by atoms with Crippen molar-refractivity contribution in [2.45, 2.75) is 33.2 Å². The Balaban J connectivity index is 1.73. The molecule has 0 aliphatic heterocycles. The summed E-state index contributed by atoms with van der Waals surface area (Å²) in [7, 11) is 1.87. The number of fused-ring (bicyclic) bond motifs is 1. The van der Waals surface area contributed by atoms with Gasteiger partial charge in [0.25, 0.3) is 5.91 Å². The molecular formula is C24H25N5O. The minimum atomic E-state index is -0.0963. The molecule has 0 saturated heterocycles. The molecule has 6 heteroatoms. The van der Waals surface area contributed by atoms with Crippen LogP contribution in [-0.4, -0.2) is 31.7 Å². The normalized spacial score (nSPS) is 12.1. The number of benzene rings is 1. The number of hydrogen-bond donors (Lipinski definition) is 1. The van der Waals surface area contributed by atoms with Gasteiger partial charge < -0.3 is 5.32 Å².